The molecule has 2 heterocycles. The number of carbonyl (C=O) groups excluding carboxylic acids is 1. The van der Waals surface area contributed by atoms with Crippen LogP contribution in [0, 0.1) is 0 Å². The number of benzene rings is 1. The number of aromatic nitrogens is 1. The molecular formula is C22H31N3OS. The second-order valence-electron chi connectivity index (χ2n) is 8.39. The fourth-order valence-corrected chi connectivity index (χ4v) is 4.28. The van der Waals surface area contributed by atoms with Gasteiger partial charge in [-0.05, 0) is 18.4 Å². The number of amides is 1. The van der Waals surface area contributed by atoms with Gasteiger partial charge < -0.3 is 4.90 Å². The van der Waals surface area contributed by atoms with Crippen LogP contribution in [0.15, 0.2) is 35.7 Å². The normalized spacial score (nSPS) is 16.3. The van der Waals surface area contributed by atoms with Crippen molar-refractivity contribution >= 4 is 17.2 Å². The van der Waals surface area contributed by atoms with Crippen LogP contribution in [0.3, 0.4) is 0 Å². The van der Waals surface area contributed by atoms with Crippen LogP contribution in [0.4, 0.5) is 0 Å². The van der Waals surface area contributed by atoms with Crippen molar-refractivity contribution in [3.8, 4) is 0 Å². The molecule has 1 saturated heterocycles. The Balaban J connectivity index is 1.48. The Hall–Kier alpha value is -1.72. The number of hydrogen-bond donors (Lipinski definition) is 0. The van der Waals surface area contributed by atoms with Crippen molar-refractivity contribution < 1.29 is 4.79 Å². The van der Waals surface area contributed by atoms with E-state index >= 15 is 0 Å². The topological polar surface area (TPSA) is 36.4 Å². The van der Waals surface area contributed by atoms with E-state index in [1.54, 1.807) is 11.3 Å². The second-order valence-corrected chi connectivity index (χ2v) is 9.25. The zero-order chi connectivity index (χ0) is 19.3. The summed E-state index contributed by atoms with van der Waals surface area (Å²) in [5, 5.41) is 3.39. The minimum absolute atomic E-state index is 0.115. The van der Waals surface area contributed by atoms with E-state index in [4.69, 9.17) is 4.98 Å². The summed E-state index contributed by atoms with van der Waals surface area (Å²) >= 11 is 1.76. The molecule has 1 amide bonds. The summed E-state index contributed by atoms with van der Waals surface area (Å²) in [5.74, 6) is 0.282. The predicted molar refractivity (Wildman–Crippen MR) is 112 cm³/mol. The Labute approximate surface area is 167 Å². The van der Waals surface area contributed by atoms with Crippen molar-refractivity contribution in [3.05, 3.63) is 52.0 Å². The summed E-state index contributed by atoms with van der Waals surface area (Å²) in [6.07, 6.45) is 2.46. The Morgan fingerprint density at radius 2 is 1.89 bits per heavy atom. The van der Waals surface area contributed by atoms with Gasteiger partial charge in [-0.15, -0.1) is 11.3 Å². The van der Waals surface area contributed by atoms with Gasteiger partial charge in [0.25, 0.3) is 0 Å². The lowest BCUT2D eigenvalue weighted by Crippen LogP contribution is -2.35. The third-order valence-corrected chi connectivity index (χ3v) is 6.31. The fourth-order valence-electron chi connectivity index (χ4n) is 3.39. The van der Waals surface area contributed by atoms with Gasteiger partial charge >= 0.3 is 0 Å². The van der Waals surface area contributed by atoms with Crippen molar-refractivity contribution in [3.63, 3.8) is 0 Å². The van der Waals surface area contributed by atoms with Gasteiger partial charge in [-0.3, -0.25) is 9.69 Å². The SMILES string of the molecule is CC(C)(C)c1nc(CN2CCCN(C(=O)CCc3ccccc3)CC2)cs1. The standard InChI is InChI=1S/C22H31N3OS/c1-22(2,3)21-23-19(17-27-21)16-24-12-7-13-25(15-14-24)20(26)11-10-18-8-5-4-6-9-18/h4-6,8-9,17H,7,10-16H2,1-3H3. The van der Waals surface area contributed by atoms with Crippen LogP contribution in [0.1, 0.15) is 49.9 Å². The highest BCUT2D eigenvalue weighted by Gasteiger charge is 2.21. The molecule has 0 unspecified atom stereocenters. The van der Waals surface area contributed by atoms with Crippen LogP contribution >= 0.6 is 11.3 Å². The van der Waals surface area contributed by atoms with E-state index in [-0.39, 0.29) is 11.3 Å². The molecule has 4 nitrogen and oxygen atoms in total. The van der Waals surface area contributed by atoms with Crippen LogP contribution in [0.2, 0.25) is 0 Å². The van der Waals surface area contributed by atoms with Crippen LogP contribution in [-0.2, 0) is 23.2 Å². The van der Waals surface area contributed by atoms with E-state index in [2.05, 4.69) is 43.2 Å². The van der Waals surface area contributed by atoms with Crippen LogP contribution in [0.25, 0.3) is 0 Å². The molecule has 0 saturated carbocycles. The molecule has 1 aromatic carbocycles. The monoisotopic (exact) mass is 385 g/mol. The first kappa shape index (κ1) is 20.0. The Morgan fingerprint density at radius 3 is 2.59 bits per heavy atom. The molecule has 3 rings (SSSR count). The molecular weight excluding hydrogens is 354 g/mol. The largest absolute Gasteiger partial charge is 0.341 e. The van der Waals surface area contributed by atoms with Gasteiger partial charge in [-0.2, -0.15) is 0 Å². The Morgan fingerprint density at radius 1 is 1.11 bits per heavy atom. The van der Waals surface area contributed by atoms with Gasteiger partial charge in [0.15, 0.2) is 0 Å². The molecule has 27 heavy (non-hydrogen) atoms. The molecule has 0 atom stereocenters. The lowest BCUT2D eigenvalue weighted by Gasteiger charge is -2.21. The molecule has 2 aromatic rings. The molecule has 1 fully saturated rings. The number of thiazole rings is 1. The minimum Gasteiger partial charge on any atom is -0.341 e. The van der Waals surface area contributed by atoms with Crippen molar-refractivity contribution in [2.75, 3.05) is 26.2 Å². The number of carbonyl (C=O) groups is 1. The number of hydrogen-bond acceptors (Lipinski definition) is 4. The van der Waals surface area contributed by atoms with E-state index in [0.29, 0.717) is 6.42 Å². The van der Waals surface area contributed by atoms with Gasteiger partial charge in [-0.25, -0.2) is 4.98 Å². The molecule has 5 heteroatoms. The molecule has 1 aromatic heterocycles. The molecule has 1 aliphatic rings. The molecule has 0 spiro atoms. The van der Waals surface area contributed by atoms with Crippen molar-refractivity contribution in [1.29, 1.82) is 0 Å². The van der Waals surface area contributed by atoms with Gasteiger partial charge in [-0.1, -0.05) is 51.1 Å². The highest BCUT2D eigenvalue weighted by Crippen LogP contribution is 2.26. The summed E-state index contributed by atoms with van der Waals surface area (Å²) in [7, 11) is 0. The maximum absolute atomic E-state index is 12.6. The minimum atomic E-state index is 0.115. The van der Waals surface area contributed by atoms with Gasteiger partial charge in [0.2, 0.25) is 5.91 Å². The first-order chi connectivity index (χ1) is 12.9. The molecule has 146 valence electrons. The molecule has 1 aliphatic heterocycles. The van der Waals surface area contributed by atoms with Crippen LogP contribution in [0.5, 0.6) is 0 Å². The smallest absolute Gasteiger partial charge is 0.222 e. The molecule has 0 N–H and O–H groups in total. The summed E-state index contributed by atoms with van der Waals surface area (Å²) in [5.41, 5.74) is 2.51. The first-order valence-corrected chi connectivity index (χ1v) is 10.8. The van der Waals surface area contributed by atoms with Crippen LogP contribution in [-0.4, -0.2) is 46.9 Å². The van der Waals surface area contributed by atoms with E-state index in [9.17, 15) is 4.79 Å². The molecule has 0 aliphatic carbocycles. The average molecular weight is 386 g/mol. The highest BCUT2D eigenvalue weighted by molar-refractivity contribution is 7.09. The summed E-state index contributed by atoms with van der Waals surface area (Å²) in [6.45, 7) is 11.2. The maximum Gasteiger partial charge on any atom is 0.222 e. The van der Waals surface area contributed by atoms with Gasteiger partial charge in [0.1, 0.15) is 0 Å². The van der Waals surface area contributed by atoms with Crippen LogP contribution < -0.4 is 0 Å². The Kier molecular flexibility index (Phi) is 6.66. The Bertz CT molecular complexity index is 736. The van der Waals surface area contributed by atoms with E-state index < -0.39 is 0 Å². The second kappa shape index (κ2) is 8.98. The first-order valence-electron chi connectivity index (χ1n) is 9.91. The molecule has 0 radical (unpaired) electrons. The lowest BCUT2D eigenvalue weighted by atomic mass is 9.98. The number of aryl methyl sites for hydroxylation is 1. The van der Waals surface area contributed by atoms with Gasteiger partial charge in [0.05, 0.1) is 10.7 Å². The predicted octanol–water partition coefficient (Wildman–Crippen LogP) is 4.11. The fraction of sp³-hybridized carbons (Fsp3) is 0.545. The third kappa shape index (κ3) is 5.88. The summed E-state index contributed by atoms with van der Waals surface area (Å²) in [6, 6.07) is 10.3. The highest BCUT2D eigenvalue weighted by atomic mass is 32.1. The van der Waals surface area contributed by atoms with E-state index in [0.717, 1.165) is 51.3 Å². The average Bonchev–Trinajstić information content (AvgIpc) is 3.00. The lowest BCUT2D eigenvalue weighted by molar-refractivity contribution is -0.131. The quantitative estimate of drug-likeness (QED) is 0.777. The third-order valence-electron chi connectivity index (χ3n) is 4.99. The molecule has 0 bridgehead atoms. The van der Waals surface area contributed by atoms with E-state index in [1.165, 1.54) is 10.6 Å². The van der Waals surface area contributed by atoms with Crippen molar-refractivity contribution in [2.45, 2.75) is 52.0 Å². The summed E-state index contributed by atoms with van der Waals surface area (Å²) < 4.78 is 0. The summed E-state index contributed by atoms with van der Waals surface area (Å²) in [4.78, 5) is 21.9. The van der Waals surface area contributed by atoms with Crippen molar-refractivity contribution in [2.24, 2.45) is 0 Å². The van der Waals surface area contributed by atoms with Crippen molar-refractivity contribution in [1.82, 2.24) is 14.8 Å². The number of nitrogens with zero attached hydrogens (tertiary/aromatic N) is 3. The zero-order valence-electron chi connectivity index (χ0n) is 16.8. The van der Waals surface area contributed by atoms with E-state index in [1.807, 2.05) is 23.1 Å². The number of rotatable bonds is 5. The zero-order valence-corrected chi connectivity index (χ0v) is 17.6. The van der Waals surface area contributed by atoms with Gasteiger partial charge in [0, 0.05) is 49.9 Å². The maximum atomic E-state index is 12.6.